The van der Waals surface area contributed by atoms with Gasteiger partial charge in [0.05, 0.1) is 17.9 Å². The molecular weight excluding hydrogens is 309 g/mol. The fraction of sp³-hybridized carbons (Fsp3) is 0.444. The van der Waals surface area contributed by atoms with Gasteiger partial charge in [-0.15, -0.1) is 0 Å². The van der Waals surface area contributed by atoms with Crippen LogP contribution in [0.5, 0.6) is 0 Å². The first kappa shape index (κ1) is 16.6. The number of ether oxygens (including phenoxy) is 1. The molecule has 2 aromatic rings. The van der Waals surface area contributed by atoms with Crippen molar-refractivity contribution < 1.29 is 13.5 Å². The maximum Gasteiger partial charge on any atom is 0.226 e. The normalized spacial score (nSPS) is 17.3. The number of nitriles is 1. The van der Waals surface area contributed by atoms with E-state index in [1.807, 2.05) is 0 Å². The average molecular weight is 329 g/mol. The molecule has 0 bridgehead atoms. The second kappa shape index (κ2) is 8.04. The molecule has 1 aliphatic heterocycles. The van der Waals surface area contributed by atoms with Gasteiger partial charge in [-0.25, -0.2) is 9.37 Å². The fourth-order valence-corrected chi connectivity index (χ4v) is 2.88. The lowest BCUT2D eigenvalue weighted by atomic mass is 10.2. The molecule has 3 rings (SSSR count). The van der Waals surface area contributed by atoms with Crippen molar-refractivity contribution in [2.24, 2.45) is 0 Å². The van der Waals surface area contributed by atoms with Gasteiger partial charge in [-0.3, -0.25) is 4.90 Å². The topological polar surface area (TPSA) is 62.3 Å². The molecule has 5 nitrogen and oxygen atoms in total. The molecule has 1 aliphatic rings. The summed E-state index contributed by atoms with van der Waals surface area (Å²) in [6, 6.07) is 8.36. The molecule has 2 heterocycles. The minimum absolute atomic E-state index is 0.221. The maximum absolute atomic E-state index is 13.3. The fourth-order valence-electron chi connectivity index (χ4n) is 2.88. The van der Waals surface area contributed by atoms with Crippen molar-refractivity contribution in [3.8, 4) is 17.5 Å². The molecule has 0 saturated carbocycles. The lowest BCUT2D eigenvalue weighted by Gasteiger charge is -2.23. The van der Waals surface area contributed by atoms with Crippen molar-refractivity contribution in [3.63, 3.8) is 0 Å². The summed E-state index contributed by atoms with van der Waals surface area (Å²) in [6.45, 7) is 2.84. The van der Waals surface area contributed by atoms with Crippen LogP contribution in [0.4, 0.5) is 4.39 Å². The lowest BCUT2D eigenvalue weighted by Crippen LogP contribution is -2.32. The summed E-state index contributed by atoms with van der Waals surface area (Å²) in [5, 5.41) is 8.84. The molecule has 1 unspecified atom stereocenters. The lowest BCUT2D eigenvalue weighted by molar-refractivity contribution is 0.0709. The Morgan fingerprint density at radius 3 is 3.08 bits per heavy atom. The van der Waals surface area contributed by atoms with Crippen molar-refractivity contribution >= 4 is 0 Å². The van der Waals surface area contributed by atoms with E-state index < -0.39 is 0 Å². The van der Waals surface area contributed by atoms with Crippen molar-refractivity contribution in [2.45, 2.75) is 31.9 Å². The van der Waals surface area contributed by atoms with E-state index in [0.717, 1.165) is 31.7 Å². The highest BCUT2D eigenvalue weighted by Crippen LogP contribution is 2.21. The van der Waals surface area contributed by atoms with E-state index in [2.05, 4.69) is 16.0 Å². The third kappa shape index (κ3) is 4.40. The summed E-state index contributed by atoms with van der Waals surface area (Å²) in [6.07, 6.45) is 4.41. The highest BCUT2D eigenvalue weighted by atomic mass is 19.1. The number of oxazole rings is 1. The molecule has 1 saturated heterocycles. The molecule has 24 heavy (non-hydrogen) atoms. The van der Waals surface area contributed by atoms with E-state index in [1.165, 1.54) is 12.1 Å². The van der Waals surface area contributed by atoms with Crippen LogP contribution >= 0.6 is 0 Å². The van der Waals surface area contributed by atoms with Gasteiger partial charge in [0.25, 0.3) is 0 Å². The second-order valence-corrected chi connectivity index (χ2v) is 5.93. The quantitative estimate of drug-likeness (QED) is 0.779. The van der Waals surface area contributed by atoms with Crippen molar-refractivity contribution in [1.29, 1.82) is 5.26 Å². The van der Waals surface area contributed by atoms with Crippen LogP contribution in [0, 0.1) is 17.1 Å². The number of benzene rings is 1. The SMILES string of the molecule is N#CCCN(Cc1coc(-c2cccc(F)c2)n1)CC1CCCO1. The van der Waals surface area contributed by atoms with Crippen LogP contribution in [0.15, 0.2) is 34.9 Å². The molecule has 0 aliphatic carbocycles. The Labute approximate surface area is 140 Å². The Morgan fingerprint density at radius 1 is 1.42 bits per heavy atom. The molecule has 0 radical (unpaired) electrons. The molecule has 1 fully saturated rings. The third-order valence-electron chi connectivity index (χ3n) is 4.03. The summed E-state index contributed by atoms with van der Waals surface area (Å²) < 4.78 is 24.5. The van der Waals surface area contributed by atoms with E-state index in [1.54, 1.807) is 18.4 Å². The van der Waals surface area contributed by atoms with Gasteiger partial charge in [-0.05, 0) is 31.0 Å². The Balaban J connectivity index is 1.66. The van der Waals surface area contributed by atoms with Crippen LogP contribution in [-0.2, 0) is 11.3 Å². The number of aromatic nitrogens is 1. The molecule has 1 atom stereocenters. The minimum Gasteiger partial charge on any atom is -0.444 e. The molecule has 6 heteroatoms. The highest BCUT2D eigenvalue weighted by molar-refractivity contribution is 5.52. The van der Waals surface area contributed by atoms with Crippen LogP contribution in [0.25, 0.3) is 11.5 Å². The van der Waals surface area contributed by atoms with Gasteiger partial charge in [0.1, 0.15) is 12.1 Å². The van der Waals surface area contributed by atoms with Crippen LogP contribution in [0.2, 0.25) is 0 Å². The average Bonchev–Trinajstić information content (AvgIpc) is 3.24. The molecule has 126 valence electrons. The molecule has 0 spiro atoms. The predicted molar refractivity (Wildman–Crippen MR) is 86.4 cm³/mol. The van der Waals surface area contributed by atoms with Gasteiger partial charge in [-0.2, -0.15) is 5.26 Å². The smallest absolute Gasteiger partial charge is 0.226 e. The van der Waals surface area contributed by atoms with E-state index in [4.69, 9.17) is 14.4 Å². The van der Waals surface area contributed by atoms with E-state index in [0.29, 0.717) is 31.0 Å². The third-order valence-corrected chi connectivity index (χ3v) is 4.03. The Kier molecular flexibility index (Phi) is 5.57. The summed E-state index contributed by atoms with van der Waals surface area (Å²) in [5.74, 6) is 0.0862. The van der Waals surface area contributed by atoms with Gasteiger partial charge in [-0.1, -0.05) is 6.07 Å². The first-order valence-corrected chi connectivity index (χ1v) is 8.16. The van der Waals surface area contributed by atoms with Gasteiger partial charge < -0.3 is 9.15 Å². The van der Waals surface area contributed by atoms with Gasteiger partial charge in [0.15, 0.2) is 0 Å². The summed E-state index contributed by atoms with van der Waals surface area (Å²) in [7, 11) is 0. The van der Waals surface area contributed by atoms with Crippen molar-refractivity contribution in [1.82, 2.24) is 9.88 Å². The molecule has 0 N–H and O–H groups in total. The minimum atomic E-state index is -0.318. The first-order chi connectivity index (χ1) is 11.7. The zero-order valence-electron chi connectivity index (χ0n) is 13.4. The largest absolute Gasteiger partial charge is 0.444 e. The van der Waals surface area contributed by atoms with E-state index in [-0.39, 0.29) is 11.9 Å². The van der Waals surface area contributed by atoms with Crippen LogP contribution in [0.3, 0.4) is 0 Å². The Hall–Kier alpha value is -2.23. The highest BCUT2D eigenvalue weighted by Gasteiger charge is 2.20. The number of hydrogen-bond acceptors (Lipinski definition) is 5. The number of halogens is 1. The van der Waals surface area contributed by atoms with E-state index in [9.17, 15) is 4.39 Å². The molecule has 1 aromatic heterocycles. The molecule has 0 amide bonds. The Morgan fingerprint density at radius 2 is 2.33 bits per heavy atom. The second-order valence-electron chi connectivity index (χ2n) is 5.93. The van der Waals surface area contributed by atoms with Gasteiger partial charge in [0, 0.05) is 38.2 Å². The van der Waals surface area contributed by atoms with E-state index >= 15 is 0 Å². The number of hydrogen-bond donors (Lipinski definition) is 0. The number of nitrogens with zero attached hydrogens (tertiary/aromatic N) is 3. The van der Waals surface area contributed by atoms with Crippen molar-refractivity contribution in [2.75, 3.05) is 19.7 Å². The van der Waals surface area contributed by atoms with Crippen LogP contribution in [0.1, 0.15) is 25.0 Å². The predicted octanol–water partition coefficient (Wildman–Crippen LogP) is 3.38. The molecule has 1 aromatic carbocycles. The maximum atomic E-state index is 13.3. The number of rotatable bonds is 7. The summed E-state index contributed by atoms with van der Waals surface area (Å²) in [5.41, 5.74) is 1.38. The van der Waals surface area contributed by atoms with Gasteiger partial charge >= 0.3 is 0 Å². The summed E-state index contributed by atoms with van der Waals surface area (Å²) in [4.78, 5) is 6.60. The zero-order chi connectivity index (χ0) is 16.8. The van der Waals surface area contributed by atoms with Crippen LogP contribution in [-0.4, -0.2) is 35.7 Å². The monoisotopic (exact) mass is 329 g/mol. The zero-order valence-corrected chi connectivity index (χ0v) is 13.4. The van der Waals surface area contributed by atoms with Crippen molar-refractivity contribution in [3.05, 3.63) is 42.0 Å². The van der Waals surface area contributed by atoms with Gasteiger partial charge in [0.2, 0.25) is 5.89 Å². The standard InChI is InChI=1S/C18H20FN3O2/c19-15-5-1-4-14(10-15)18-21-16(13-24-18)11-22(8-3-7-20)12-17-6-2-9-23-17/h1,4-5,10,13,17H,2-3,6,8-9,11-12H2. The van der Waals surface area contributed by atoms with Crippen LogP contribution < -0.4 is 0 Å². The summed E-state index contributed by atoms with van der Waals surface area (Å²) >= 11 is 0. The first-order valence-electron chi connectivity index (χ1n) is 8.16. The molecular formula is C18H20FN3O2. The Bertz CT molecular complexity index is 704.